The molecule has 1 amide bonds. The molecule has 0 unspecified atom stereocenters. The van der Waals surface area contributed by atoms with Crippen LogP contribution in [0.4, 0.5) is 0 Å². The summed E-state index contributed by atoms with van der Waals surface area (Å²) in [5.74, 6) is -0.114. The van der Waals surface area contributed by atoms with E-state index in [0.717, 1.165) is 24.3 Å². The second kappa shape index (κ2) is 8.22. The summed E-state index contributed by atoms with van der Waals surface area (Å²) >= 11 is 1.43. The number of aryl methyl sites for hydroxylation is 1. The summed E-state index contributed by atoms with van der Waals surface area (Å²) in [4.78, 5) is 16.3. The first-order valence-electron chi connectivity index (χ1n) is 7.97. The number of benzene rings is 1. The topological polar surface area (TPSA) is 68.0 Å². The maximum atomic E-state index is 12.1. The van der Waals surface area contributed by atoms with Crippen molar-refractivity contribution in [3.63, 3.8) is 0 Å². The van der Waals surface area contributed by atoms with Gasteiger partial charge in [-0.2, -0.15) is 0 Å². The van der Waals surface area contributed by atoms with Gasteiger partial charge in [-0.05, 0) is 30.2 Å². The molecule has 0 aliphatic rings. The number of nitrogens with two attached hydrogens (primary N) is 1. The number of amides is 1. The van der Waals surface area contributed by atoms with Crippen molar-refractivity contribution in [1.29, 1.82) is 0 Å². The van der Waals surface area contributed by atoms with Gasteiger partial charge in [0.15, 0.2) is 0 Å². The fourth-order valence-electron chi connectivity index (χ4n) is 2.42. The molecule has 23 heavy (non-hydrogen) atoms. The molecule has 0 aliphatic heterocycles. The van der Waals surface area contributed by atoms with E-state index in [2.05, 4.69) is 48.4 Å². The molecule has 2 aromatic rings. The van der Waals surface area contributed by atoms with Gasteiger partial charge in [0.05, 0.1) is 0 Å². The van der Waals surface area contributed by atoms with Gasteiger partial charge in [-0.3, -0.25) is 4.79 Å². The van der Waals surface area contributed by atoms with E-state index in [4.69, 9.17) is 5.73 Å². The summed E-state index contributed by atoms with van der Waals surface area (Å²) in [6, 6.07) is 10.5. The fourth-order valence-corrected chi connectivity index (χ4v) is 3.08. The first kappa shape index (κ1) is 17.6. The average molecular weight is 331 g/mol. The smallest absolute Gasteiger partial charge is 0.270 e. The van der Waals surface area contributed by atoms with Crippen LogP contribution < -0.4 is 11.1 Å². The normalized spacial score (nSPS) is 11.4. The van der Waals surface area contributed by atoms with Crippen molar-refractivity contribution in [3.8, 4) is 0 Å². The molecule has 1 aromatic heterocycles. The lowest BCUT2D eigenvalue weighted by Crippen LogP contribution is -2.34. The minimum absolute atomic E-state index is 0.0666. The largest absolute Gasteiger partial charge is 0.350 e. The second-order valence-corrected chi connectivity index (χ2v) is 7.46. The van der Waals surface area contributed by atoms with Crippen LogP contribution in [0.25, 0.3) is 0 Å². The van der Waals surface area contributed by atoms with Crippen LogP contribution in [0.3, 0.4) is 0 Å². The Hall–Kier alpha value is -1.72. The van der Waals surface area contributed by atoms with Crippen molar-refractivity contribution in [2.24, 2.45) is 11.1 Å². The summed E-state index contributed by atoms with van der Waals surface area (Å²) < 4.78 is 0. The van der Waals surface area contributed by atoms with Gasteiger partial charge >= 0.3 is 0 Å². The molecule has 3 N–H and O–H groups in total. The van der Waals surface area contributed by atoms with Crippen LogP contribution in [-0.4, -0.2) is 17.4 Å². The molecule has 0 aliphatic carbocycles. The minimum Gasteiger partial charge on any atom is -0.350 e. The van der Waals surface area contributed by atoms with Crippen LogP contribution in [-0.2, 0) is 13.0 Å². The Bertz CT molecular complexity index is 622. The van der Waals surface area contributed by atoms with Gasteiger partial charge in [-0.1, -0.05) is 44.2 Å². The van der Waals surface area contributed by atoms with Crippen LogP contribution in [0.2, 0.25) is 0 Å². The molecule has 5 heteroatoms. The zero-order valence-electron chi connectivity index (χ0n) is 13.8. The Morgan fingerprint density at radius 2 is 2.04 bits per heavy atom. The predicted octanol–water partition coefficient (Wildman–Crippen LogP) is 3.38. The van der Waals surface area contributed by atoms with Crippen LogP contribution in [0.1, 0.15) is 47.7 Å². The Morgan fingerprint density at radius 3 is 2.70 bits per heavy atom. The molecule has 0 radical (unpaired) electrons. The van der Waals surface area contributed by atoms with E-state index in [1.54, 1.807) is 5.38 Å². The molecule has 0 fully saturated rings. The van der Waals surface area contributed by atoms with Gasteiger partial charge in [0.1, 0.15) is 10.7 Å². The van der Waals surface area contributed by atoms with Crippen molar-refractivity contribution in [1.82, 2.24) is 10.3 Å². The third-order valence-corrected chi connectivity index (χ3v) is 4.72. The van der Waals surface area contributed by atoms with Gasteiger partial charge in [0, 0.05) is 18.5 Å². The van der Waals surface area contributed by atoms with Crippen molar-refractivity contribution in [3.05, 3.63) is 52.0 Å². The summed E-state index contributed by atoms with van der Waals surface area (Å²) in [7, 11) is 0. The molecule has 0 saturated heterocycles. The highest BCUT2D eigenvalue weighted by Gasteiger charge is 2.19. The Labute approximate surface area is 142 Å². The van der Waals surface area contributed by atoms with Gasteiger partial charge in [-0.25, -0.2) is 4.98 Å². The Morgan fingerprint density at radius 1 is 1.30 bits per heavy atom. The first-order valence-corrected chi connectivity index (χ1v) is 8.85. The van der Waals surface area contributed by atoms with Crippen molar-refractivity contribution < 1.29 is 4.79 Å². The molecule has 1 heterocycles. The van der Waals surface area contributed by atoms with E-state index < -0.39 is 0 Å². The number of nitrogens with one attached hydrogen (secondary N) is 1. The van der Waals surface area contributed by atoms with E-state index in [1.807, 2.05) is 6.07 Å². The van der Waals surface area contributed by atoms with E-state index in [-0.39, 0.29) is 11.3 Å². The third kappa shape index (κ3) is 5.77. The highest BCUT2D eigenvalue weighted by atomic mass is 32.1. The lowest BCUT2D eigenvalue weighted by atomic mass is 9.86. The van der Waals surface area contributed by atoms with Crippen LogP contribution >= 0.6 is 11.3 Å². The first-order chi connectivity index (χ1) is 11.0. The van der Waals surface area contributed by atoms with Crippen LogP contribution in [0, 0.1) is 5.41 Å². The second-order valence-electron chi connectivity index (χ2n) is 6.52. The standard InChI is InChI=1S/C18H25N3OS/c1-18(2,10-6-9-14-7-4-3-5-8-14)13-20-17(22)15-12-23-16(11-19)21-15/h3-5,7-8,12H,6,9-11,13,19H2,1-2H3,(H,20,22). The Balaban J connectivity index is 1.75. The van der Waals surface area contributed by atoms with E-state index >= 15 is 0 Å². The van der Waals surface area contributed by atoms with Crippen molar-refractivity contribution >= 4 is 17.2 Å². The quantitative estimate of drug-likeness (QED) is 0.779. The molecule has 1 aromatic carbocycles. The van der Waals surface area contributed by atoms with E-state index in [0.29, 0.717) is 18.8 Å². The molecule has 0 atom stereocenters. The number of rotatable bonds is 8. The summed E-state index contributed by atoms with van der Waals surface area (Å²) in [6.07, 6.45) is 3.25. The molecule has 0 spiro atoms. The molecule has 4 nitrogen and oxygen atoms in total. The molecule has 124 valence electrons. The van der Waals surface area contributed by atoms with Gasteiger partial charge in [0.25, 0.3) is 5.91 Å². The predicted molar refractivity (Wildman–Crippen MR) is 95.5 cm³/mol. The summed E-state index contributed by atoms with van der Waals surface area (Å²) in [5, 5.41) is 5.54. The summed E-state index contributed by atoms with van der Waals surface area (Å²) in [5.41, 5.74) is 7.43. The van der Waals surface area contributed by atoms with Gasteiger partial charge in [0.2, 0.25) is 0 Å². The lowest BCUT2D eigenvalue weighted by molar-refractivity contribution is 0.0929. The molecular weight excluding hydrogens is 306 g/mol. The van der Waals surface area contributed by atoms with Crippen LogP contribution in [0.15, 0.2) is 35.7 Å². The number of hydrogen-bond acceptors (Lipinski definition) is 4. The minimum atomic E-state index is -0.114. The summed E-state index contributed by atoms with van der Waals surface area (Å²) in [6.45, 7) is 5.40. The van der Waals surface area contributed by atoms with Crippen LogP contribution in [0.5, 0.6) is 0 Å². The number of nitrogens with zero attached hydrogens (tertiary/aromatic N) is 1. The van der Waals surface area contributed by atoms with Gasteiger partial charge < -0.3 is 11.1 Å². The zero-order valence-corrected chi connectivity index (χ0v) is 14.7. The zero-order chi connectivity index (χ0) is 16.7. The molecule has 2 rings (SSSR count). The third-order valence-electron chi connectivity index (χ3n) is 3.85. The van der Waals surface area contributed by atoms with Crippen molar-refractivity contribution in [2.45, 2.75) is 39.7 Å². The Kier molecular flexibility index (Phi) is 6.30. The number of hydrogen-bond donors (Lipinski definition) is 2. The lowest BCUT2D eigenvalue weighted by Gasteiger charge is -2.24. The number of carbonyl (C=O) groups excluding carboxylic acids is 1. The maximum absolute atomic E-state index is 12.1. The monoisotopic (exact) mass is 331 g/mol. The highest BCUT2D eigenvalue weighted by Crippen LogP contribution is 2.22. The van der Waals surface area contributed by atoms with E-state index in [9.17, 15) is 4.79 Å². The van der Waals surface area contributed by atoms with Crippen molar-refractivity contribution in [2.75, 3.05) is 6.54 Å². The number of thiazole rings is 1. The molecule has 0 bridgehead atoms. The molecular formula is C18H25N3OS. The average Bonchev–Trinajstić information content (AvgIpc) is 3.03. The molecule has 0 saturated carbocycles. The highest BCUT2D eigenvalue weighted by molar-refractivity contribution is 7.09. The number of carbonyl (C=O) groups is 1. The van der Waals surface area contributed by atoms with E-state index in [1.165, 1.54) is 16.9 Å². The SMILES string of the molecule is CC(C)(CCCc1ccccc1)CNC(=O)c1csc(CN)n1. The maximum Gasteiger partial charge on any atom is 0.270 e. The number of aromatic nitrogens is 1. The van der Waals surface area contributed by atoms with Gasteiger partial charge in [-0.15, -0.1) is 11.3 Å². The fraction of sp³-hybridized carbons (Fsp3) is 0.444.